The molecule has 6 aromatic carbocycles. The zero-order valence-corrected chi connectivity index (χ0v) is 36.2. The molecule has 0 fully saturated rings. The number of hydrogen-bond donors (Lipinski definition) is 2. The first kappa shape index (κ1) is 48.5. The maximum Gasteiger partial charge on any atom is 1.00 e. The number of fused-ring (bicyclic) bond motifs is 2. The van der Waals surface area contributed by atoms with Crippen molar-refractivity contribution in [1.29, 1.82) is 0 Å². The SMILES string of the molecule is COc1cc(N=Nc2ccc3c(S(=O)(=O)[O-])cc(S(=O)(=O)[O-])cc3c2)ccc1N=Nc1c(S(=O)(=O)[O-])cc2cc(SOO[O-])c(N=Nc3ccccc3[N-]S(C)=O)c(O)c2c1O.[Cu+]. The minimum Gasteiger partial charge on any atom is -0.744 e. The minimum atomic E-state index is -5.44. The first-order valence-corrected chi connectivity index (χ1v) is 22.9. The van der Waals surface area contributed by atoms with E-state index in [0.717, 1.165) is 24.3 Å². The van der Waals surface area contributed by atoms with Crippen LogP contribution in [0.5, 0.6) is 17.2 Å². The number of hydrogen-bond acceptors (Lipinski definition) is 23. The molecule has 334 valence electrons. The summed E-state index contributed by atoms with van der Waals surface area (Å²) in [5.41, 5.74) is -1.19. The molecule has 63 heavy (non-hydrogen) atoms. The van der Waals surface area contributed by atoms with E-state index in [1.165, 1.54) is 55.8 Å². The number of rotatable bonds is 15. The second kappa shape index (κ2) is 19.5. The van der Waals surface area contributed by atoms with Gasteiger partial charge < -0.3 is 38.6 Å². The van der Waals surface area contributed by atoms with Crippen molar-refractivity contribution in [3.05, 3.63) is 89.7 Å². The van der Waals surface area contributed by atoms with E-state index >= 15 is 0 Å². The molecule has 0 heterocycles. The summed E-state index contributed by atoms with van der Waals surface area (Å²) in [6.07, 6.45) is 1.31. The monoisotopic (exact) mass is 1010 g/mol. The molecule has 6 rings (SSSR count). The van der Waals surface area contributed by atoms with Crippen molar-refractivity contribution < 1.29 is 89.8 Å². The maximum absolute atomic E-state index is 12.5. The van der Waals surface area contributed by atoms with Crippen LogP contribution in [0.15, 0.2) is 135 Å². The Labute approximate surface area is 372 Å². The Bertz CT molecular complexity index is 3250. The van der Waals surface area contributed by atoms with E-state index in [1.54, 1.807) is 12.1 Å². The molecule has 0 saturated heterocycles. The Hall–Kier alpha value is -5.53. The Morgan fingerprint density at radius 2 is 1.30 bits per heavy atom. The summed E-state index contributed by atoms with van der Waals surface area (Å²) in [7, 11) is -16.2. The Kier molecular flexibility index (Phi) is 15.0. The molecular formula is C34H22CuN7O16S5-4. The molecule has 6 aromatic rings. The van der Waals surface area contributed by atoms with Gasteiger partial charge in [0.05, 0.1) is 61.2 Å². The molecule has 2 N–H and O–H groups in total. The second-order valence-corrected chi connectivity index (χ2v) is 18.0. The van der Waals surface area contributed by atoms with Gasteiger partial charge in [0.15, 0.2) is 11.5 Å². The third kappa shape index (κ3) is 11.2. The standard InChI is InChI=1S/C34H26N7O16S5.Cu/c1-55-26-15-20(36-35-19-7-9-22-17(11-19)12-21(60(46,47)48)16-28(22)61(49,50)51)8-10-25(26)38-40-32-29(62(52,53)54)14-18-13-27(58-57-56-44)31(33(42)30(18)34(32)43)39-37-23-5-3-4-6-24(23)41-59(2)45;/h3-16H,1-2H3,(H6-,35,36,37,38,39,40,41,42,43,44,46,47,48,49,50,51,52,53,54);/q-1;+1/p-4. The van der Waals surface area contributed by atoms with Crippen LogP contribution in [0.2, 0.25) is 0 Å². The summed E-state index contributed by atoms with van der Waals surface area (Å²) in [6, 6.07) is 16.7. The van der Waals surface area contributed by atoms with Crippen LogP contribution < -0.4 is 9.99 Å². The van der Waals surface area contributed by atoms with Gasteiger partial charge in [0.25, 0.3) is 0 Å². The van der Waals surface area contributed by atoms with Gasteiger partial charge in [0.1, 0.15) is 53.2 Å². The molecule has 1 unspecified atom stereocenters. The predicted octanol–water partition coefficient (Wildman–Crippen LogP) is 6.90. The number of ether oxygens (including phenoxy) is 1. The van der Waals surface area contributed by atoms with Crippen LogP contribution in [0, 0.1) is 0 Å². The molecule has 0 aliphatic carbocycles. The van der Waals surface area contributed by atoms with Crippen LogP contribution in [0.4, 0.5) is 39.8 Å². The number of phenols is 2. The van der Waals surface area contributed by atoms with Crippen molar-refractivity contribution >= 4 is 115 Å². The molecule has 23 nitrogen and oxygen atoms in total. The fraction of sp³-hybridized carbons (Fsp3) is 0.0588. The van der Waals surface area contributed by atoms with E-state index in [-0.39, 0.29) is 84.4 Å². The van der Waals surface area contributed by atoms with Crippen LogP contribution in [0.3, 0.4) is 0 Å². The van der Waals surface area contributed by atoms with Crippen LogP contribution in [0.25, 0.3) is 26.3 Å². The van der Waals surface area contributed by atoms with Crippen LogP contribution >= 0.6 is 12.0 Å². The molecule has 29 heteroatoms. The van der Waals surface area contributed by atoms with Gasteiger partial charge in [-0.05, 0) is 77.0 Å². The number of phenolic OH excluding ortho intramolecular Hbond substituents is 2. The minimum absolute atomic E-state index is 0. The Balaban J connectivity index is 0.00000748. The zero-order valence-electron chi connectivity index (χ0n) is 31.2. The van der Waals surface area contributed by atoms with E-state index in [0.29, 0.717) is 6.07 Å². The fourth-order valence-corrected chi connectivity index (χ4v) is 8.47. The maximum atomic E-state index is 12.5. The number of benzene rings is 6. The van der Waals surface area contributed by atoms with Crippen LogP contribution in [-0.2, 0) is 67.8 Å². The summed E-state index contributed by atoms with van der Waals surface area (Å²) in [4.78, 5) is -3.21. The molecule has 0 bridgehead atoms. The molecule has 0 saturated carbocycles. The summed E-state index contributed by atoms with van der Waals surface area (Å²) >= 11 is 0.206. The normalized spacial score (nSPS) is 13.0. The molecular weight excluding hydrogens is 986 g/mol. The van der Waals surface area contributed by atoms with Gasteiger partial charge in [-0.15, -0.1) is 21.0 Å². The Morgan fingerprint density at radius 1 is 0.683 bits per heavy atom. The first-order chi connectivity index (χ1) is 29.2. The first-order valence-electron chi connectivity index (χ1n) is 16.4. The summed E-state index contributed by atoms with van der Waals surface area (Å²) < 4.78 is 133. The second-order valence-electron chi connectivity index (χ2n) is 12.1. The fourth-order valence-electron chi connectivity index (χ4n) is 5.57. The molecule has 0 aromatic heterocycles. The van der Waals surface area contributed by atoms with Crippen LogP contribution in [-0.4, -0.2) is 66.7 Å². The van der Waals surface area contributed by atoms with Gasteiger partial charge in [-0.3, -0.25) is 9.25 Å². The van der Waals surface area contributed by atoms with Gasteiger partial charge >= 0.3 is 17.1 Å². The zero-order chi connectivity index (χ0) is 45.1. The molecule has 0 spiro atoms. The topological polar surface area (TPSA) is 368 Å². The molecule has 1 atom stereocenters. The summed E-state index contributed by atoms with van der Waals surface area (Å²) in [5, 5.41) is 59.6. The van der Waals surface area contributed by atoms with E-state index in [4.69, 9.17) is 4.74 Å². The van der Waals surface area contributed by atoms with Crippen LogP contribution in [0.1, 0.15) is 0 Å². The smallest absolute Gasteiger partial charge is 0.744 e. The number of aromatic hydroxyl groups is 2. The number of methoxy groups -OCH3 is 1. The van der Waals surface area contributed by atoms with Gasteiger partial charge in [-0.25, -0.2) is 25.3 Å². The van der Waals surface area contributed by atoms with Gasteiger partial charge in [0.2, 0.25) is 0 Å². The van der Waals surface area contributed by atoms with Crippen molar-refractivity contribution in [2.75, 3.05) is 13.4 Å². The van der Waals surface area contributed by atoms with Gasteiger partial charge in [0, 0.05) is 6.07 Å². The Morgan fingerprint density at radius 3 is 1.94 bits per heavy atom. The number of nitrogens with zero attached hydrogens (tertiary/aromatic N) is 7. The summed E-state index contributed by atoms with van der Waals surface area (Å²) in [5.74, 6) is -2.01. The van der Waals surface area contributed by atoms with Gasteiger partial charge in [-0.1, -0.05) is 35.3 Å². The molecule has 0 radical (unpaired) electrons. The molecule has 0 aliphatic heterocycles. The number of azo groups is 3. The van der Waals surface area contributed by atoms with Crippen molar-refractivity contribution in [1.82, 2.24) is 0 Å². The van der Waals surface area contributed by atoms with Crippen molar-refractivity contribution in [2.24, 2.45) is 30.7 Å². The van der Waals surface area contributed by atoms with E-state index < -0.39 is 84.3 Å². The predicted molar refractivity (Wildman–Crippen MR) is 212 cm³/mol. The van der Waals surface area contributed by atoms with Crippen molar-refractivity contribution in [2.45, 2.75) is 19.6 Å². The largest absolute Gasteiger partial charge is 1.00 e. The van der Waals surface area contributed by atoms with Gasteiger partial charge in [-0.2, -0.15) is 19.7 Å². The van der Waals surface area contributed by atoms with E-state index in [9.17, 15) is 58.6 Å². The van der Waals surface area contributed by atoms with E-state index in [1.807, 2.05) is 0 Å². The average Bonchev–Trinajstić information content (AvgIpc) is 3.20. The van der Waals surface area contributed by atoms with Crippen molar-refractivity contribution in [3.8, 4) is 17.2 Å². The summed E-state index contributed by atoms with van der Waals surface area (Å²) in [6.45, 7) is 0. The van der Waals surface area contributed by atoms with Crippen molar-refractivity contribution in [3.63, 3.8) is 0 Å². The third-order valence-corrected chi connectivity index (χ3v) is 11.8. The third-order valence-electron chi connectivity index (χ3n) is 8.17. The molecule has 0 amide bonds. The average molecular weight is 1010 g/mol. The quantitative estimate of drug-likeness (QED) is 0.0264. The molecule has 0 aliphatic rings. The van der Waals surface area contributed by atoms with E-state index in [2.05, 4.69) is 44.8 Å².